The van der Waals surface area contributed by atoms with Crippen LogP contribution < -0.4 is 5.32 Å². The Kier molecular flexibility index (Phi) is 5.27. The summed E-state index contributed by atoms with van der Waals surface area (Å²) in [6.45, 7) is 13.8. The molecule has 0 aromatic rings. The van der Waals surface area contributed by atoms with Crippen molar-refractivity contribution >= 4 is 0 Å². The van der Waals surface area contributed by atoms with E-state index in [2.05, 4.69) is 37.9 Å². The van der Waals surface area contributed by atoms with Crippen molar-refractivity contribution in [2.75, 3.05) is 26.2 Å². The first-order valence-corrected chi connectivity index (χ1v) is 8.07. The number of nitrogens with one attached hydrogen (secondary N) is 1. The normalized spacial score (nSPS) is 32.1. The number of piperazine rings is 1. The maximum Gasteiger partial charge on any atom is 0.0588 e. The molecule has 3 heteroatoms. The van der Waals surface area contributed by atoms with E-state index in [1.807, 2.05) is 0 Å². The van der Waals surface area contributed by atoms with Crippen molar-refractivity contribution in [3.05, 3.63) is 0 Å². The SMILES string of the molecule is CC(C)CC1CN(CCC2CCCO2)C(C)(C)CN1. The van der Waals surface area contributed by atoms with Crippen molar-refractivity contribution in [2.45, 2.75) is 71.1 Å². The number of hydrogen-bond donors (Lipinski definition) is 1. The standard InChI is InChI=1S/C16H32N2O/c1-13(2)10-14-11-18(16(3,4)12-17-14)8-7-15-6-5-9-19-15/h13-15,17H,5-12H2,1-4H3. The highest BCUT2D eigenvalue weighted by molar-refractivity contribution is 4.93. The molecular formula is C16H32N2O. The van der Waals surface area contributed by atoms with Crippen LogP contribution in [0.3, 0.4) is 0 Å². The Labute approximate surface area is 119 Å². The minimum atomic E-state index is 0.284. The molecule has 19 heavy (non-hydrogen) atoms. The lowest BCUT2D eigenvalue weighted by atomic mass is 9.93. The molecule has 2 unspecified atom stereocenters. The third kappa shape index (κ3) is 4.44. The van der Waals surface area contributed by atoms with Crippen molar-refractivity contribution in [3.63, 3.8) is 0 Å². The molecule has 0 saturated carbocycles. The summed E-state index contributed by atoms with van der Waals surface area (Å²) in [5.41, 5.74) is 0.284. The van der Waals surface area contributed by atoms with E-state index in [0.717, 1.165) is 19.1 Å². The lowest BCUT2D eigenvalue weighted by Crippen LogP contribution is -2.62. The van der Waals surface area contributed by atoms with Gasteiger partial charge in [0.15, 0.2) is 0 Å². The molecule has 1 N–H and O–H groups in total. The van der Waals surface area contributed by atoms with E-state index in [-0.39, 0.29) is 5.54 Å². The van der Waals surface area contributed by atoms with Gasteiger partial charge in [0, 0.05) is 37.8 Å². The van der Waals surface area contributed by atoms with Crippen molar-refractivity contribution in [1.29, 1.82) is 0 Å². The second kappa shape index (κ2) is 6.55. The molecule has 2 heterocycles. The fraction of sp³-hybridized carbons (Fsp3) is 1.00. The van der Waals surface area contributed by atoms with Gasteiger partial charge in [-0.1, -0.05) is 13.8 Å². The van der Waals surface area contributed by atoms with Gasteiger partial charge in [-0.15, -0.1) is 0 Å². The maximum atomic E-state index is 5.76. The second-order valence-electron chi connectivity index (χ2n) is 7.39. The largest absolute Gasteiger partial charge is 0.378 e. The summed E-state index contributed by atoms with van der Waals surface area (Å²) >= 11 is 0. The molecule has 2 aliphatic rings. The number of nitrogens with zero attached hydrogens (tertiary/aromatic N) is 1. The van der Waals surface area contributed by atoms with E-state index in [0.29, 0.717) is 12.1 Å². The third-order valence-corrected chi connectivity index (χ3v) is 4.62. The summed E-state index contributed by atoms with van der Waals surface area (Å²) in [4.78, 5) is 2.68. The Bertz CT molecular complexity index is 272. The predicted octanol–water partition coefficient (Wildman–Crippen LogP) is 2.65. The van der Waals surface area contributed by atoms with Crippen LogP contribution in [0.5, 0.6) is 0 Å². The van der Waals surface area contributed by atoms with Gasteiger partial charge in [-0.3, -0.25) is 4.90 Å². The van der Waals surface area contributed by atoms with E-state index in [1.165, 1.54) is 38.8 Å². The fourth-order valence-corrected chi connectivity index (χ4v) is 3.38. The molecule has 0 spiro atoms. The monoisotopic (exact) mass is 268 g/mol. The van der Waals surface area contributed by atoms with Crippen LogP contribution in [0, 0.1) is 5.92 Å². The summed E-state index contributed by atoms with van der Waals surface area (Å²) in [5.74, 6) is 0.777. The zero-order valence-electron chi connectivity index (χ0n) is 13.2. The lowest BCUT2D eigenvalue weighted by Gasteiger charge is -2.47. The molecule has 0 aromatic carbocycles. The zero-order valence-corrected chi connectivity index (χ0v) is 13.2. The Morgan fingerprint density at radius 1 is 1.37 bits per heavy atom. The Morgan fingerprint density at radius 3 is 2.79 bits per heavy atom. The zero-order chi connectivity index (χ0) is 13.9. The number of ether oxygens (including phenoxy) is 1. The van der Waals surface area contributed by atoms with E-state index in [9.17, 15) is 0 Å². The minimum Gasteiger partial charge on any atom is -0.378 e. The van der Waals surface area contributed by atoms with E-state index < -0.39 is 0 Å². The van der Waals surface area contributed by atoms with E-state index >= 15 is 0 Å². The fourth-order valence-electron chi connectivity index (χ4n) is 3.38. The summed E-state index contributed by atoms with van der Waals surface area (Å²) in [5, 5.41) is 3.73. The van der Waals surface area contributed by atoms with Crippen LogP contribution in [-0.2, 0) is 4.74 Å². The first-order chi connectivity index (χ1) is 8.97. The molecule has 0 aromatic heterocycles. The first-order valence-electron chi connectivity index (χ1n) is 8.07. The number of rotatable bonds is 5. The summed E-state index contributed by atoms with van der Waals surface area (Å²) in [6.07, 6.45) is 5.53. The highest BCUT2D eigenvalue weighted by atomic mass is 16.5. The van der Waals surface area contributed by atoms with Crippen LogP contribution in [0.1, 0.15) is 53.4 Å². The molecule has 0 radical (unpaired) electrons. The first kappa shape index (κ1) is 15.3. The van der Waals surface area contributed by atoms with Gasteiger partial charge in [0.1, 0.15) is 0 Å². The quantitative estimate of drug-likeness (QED) is 0.829. The van der Waals surface area contributed by atoms with Gasteiger partial charge >= 0.3 is 0 Å². The Hall–Kier alpha value is -0.120. The van der Waals surface area contributed by atoms with Gasteiger partial charge < -0.3 is 10.1 Å². The van der Waals surface area contributed by atoms with Crippen LogP contribution in [-0.4, -0.2) is 48.8 Å². The van der Waals surface area contributed by atoms with Crippen molar-refractivity contribution in [1.82, 2.24) is 10.2 Å². The third-order valence-electron chi connectivity index (χ3n) is 4.62. The van der Waals surface area contributed by atoms with Gasteiger partial charge in [0.2, 0.25) is 0 Å². The molecular weight excluding hydrogens is 236 g/mol. The van der Waals surface area contributed by atoms with Crippen LogP contribution >= 0.6 is 0 Å². The van der Waals surface area contributed by atoms with Crippen LogP contribution in [0.15, 0.2) is 0 Å². The molecule has 0 bridgehead atoms. The highest BCUT2D eigenvalue weighted by Gasteiger charge is 2.34. The summed E-state index contributed by atoms with van der Waals surface area (Å²) in [6, 6.07) is 0.664. The molecule has 2 atom stereocenters. The van der Waals surface area contributed by atoms with E-state index in [1.54, 1.807) is 0 Å². The smallest absolute Gasteiger partial charge is 0.0588 e. The van der Waals surface area contributed by atoms with Gasteiger partial charge in [-0.05, 0) is 45.4 Å². The number of hydrogen-bond acceptors (Lipinski definition) is 3. The summed E-state index contributed by atoms with van der Waals surface area (Å²) in [7, 11) is 0. The lowest BCUT2D eigenvalue weighted by molar-refractivity contribution is 0.0358. The van der Waals surface area contributed by atoms with Crippen molar-refractivity contribution in [3.8, 4) is 0 Å². The molecule has 0 amide bonds. The minimum absolute atomic E-state index is 0.284. The highest BCUT2D eigenvalue weighted by Crippen LogP contribution is 2.23. The maximum absolute atomic E-state index is 5.76. The molecule has 112 valence electrons. The van der Waals surface area contributed by atoms with Crippen LogP contribution in [0.4, 0.5) is 0 Å². The average molecular weight is 268 g/mol. The van der Waals surface area contributed by atoms with Gasteiger partial charge in [-0.2, -0.15) is 0 Å². The van der Waals surface area contributed by atoms with Crippen molar-refractivity contribution in [2.24, 2.45) is 5.92 Å². The Balaban J connectivity index is 1.83. The summed E-state index contributed by atoms with van der Waals surface area (Å²) < 4.78 is 5.76. The molecule has 2 rings (SSSR count). The predicted molar refractivity (Wildman–Crippen MR) is 80.5 cm³/mol. The van der Waals surface area contributed by atoms with Gasteiger partial charge in [0.05, 0.1) is 6.10 Å². The topological polar surface area (TPSA) is 24.5 Å². The van der Waals surface area contributed by atoms with Gasteiger partial charge in [0.25, 0.3) is 0 Å². The Morgan fingerprint density at radius 2 is 2.16 bits per heavy atom. The average Bonchev–Trinajstić information content (AvgIpc) is 2.82. The molecule has 3 nitrogen and oxygen atoms in total. The molecule has 2 fully saturated rings. The molecule has 0 aliphatic carbocycles. The van der Waals surface area contributed by atoms with Gasteiger partial charge in [-0.25, -0.2) is 0 Å². The van der Waals surface area contributed by atoms with Crippen LogP contribution in [0.2, 0.25) is 0 Å². The second-order valence-corrected chi connectivity index (χ2v) is 7.39. The van der Waals surface area contributed by atoms with Crippen molar-refractivity contribution < 1.29 is 4.74 Å². The van der Waals surface area contributed by atoms with E-state index in [4.69, 9.17) is 4.74 Å². The molecule has 2 saturated heterocycles. The van der Waals surface area contributed by atoms with Crippen LogP contribution in [0.25, 0.3) is 0 Å². The molecule has 2 aliphatic heterocycles.